The molecule has 5 N–H and O–H groups in total. The molecular formula is C18H25N3O7. The summed E-state index contributed by atoms with van der Waals surface area (Å²) in [4.78, 5) is 48.5. The minimum atomic E-state index is -1.34. The molecule has 2 rings (SSSR count). The van der Waals surface area contributed by atoms with Crippen LogP contribution in [0.5, 0.6) is 11.6 Å². The second-order valence-corrected chi connectivity index (χ2v) is 7.09. The van der Waals surface area contributed by atoms with E-state index in [0.29, 0.717) is 12.8 Å². The van der Waals surface area contributed by atoms with E-state index in [1.165, 1.54) is 0 Å². The minimum absolute atomic E-state index is 0.328. The van der Waals surface area contributed by atoms with Gasteiger partial charge in [0.25, 0.3) is 17.4 Å². The van der Waals surface area contributed by atoms with E-state index < -0.39 is 58.7 Å². The van der Waals surface area contributed by atoms with Crippen molar-refractivity contribution in [1.82, 2.24) is 15.2 Å². The van der Waals surface area contributed by atoms with Crippen LogP contribution in [0, 0.1) is 0 Å². The van der Waals surface area contributed by atoms with Gasteiger partial charge in [-0.25, -0.2) is 0 Å². The summed E-state index contributed by atoms with van der Waals surface area (Å²) in [6.07, 6.45) is 3.73. The summed E-state index contributed by atoms with van der Waals surface area (Å²) in [5.41, 5.74) is -2.32. The lowest BCUT2D eigenvalue weighted by Gasteiger charge is -2.26. The molecule has 1 aliphatic rings. The van der Waals surface area contributed by atoms with E-state index >= 15 is 0 Å². The smallest absolute Gasteiger partial charge is 0.322 e. The average molecular weight is 395 g/mol. The average Bonchev–Trinajstić information content (AvgIpc) is 2.60. The Kier molecular flexibility index (Phi) is 6.66. The highest BCUT2D eigenvalue weighted by Gasteiger charge is 2.32. The Morgan fingerprint density at radius 3 is 2.21 bits per heavy atom. The summed E-state index contributed by atoms with van der Waals surface area (Å²) < 4.78 is 0.962. The lowest BCUT2D eigenvalue weighted by molar-refractivity contribution is -0.135. The van der Waals surface area contributed by atoms with Gasteiger partial charge in [-0.3, -0.25) is 23.7 Å². The van der Waals surface area contributed by atoms with Crippen LogP contribution in [0.25, 0.3) is 0 Å². The van der Waals surface area contributed by atoms with Gasteiger partial charge >= 0.3 is 5.97 Å². The van der Waals surface area contributed by atoms with E-state index in [-0.39, 0.29) is 6.04 Å². The van der Waals surface area contributed by atoms with Crippen molar-refractivity contribution in [3.8, 4) is 11.6 Å². The van der Waals surface area contributed by atoms with Gasteiger partial charge < -0.3 is 26.0 Å². The quantitative estimate of drug-likeness (QED) is 0.475. The molecule has 0 aliphatic heterocycles. The molecule has 28 heavy (non-hydrogen) atoms. The molecule has 0 bridgehead atoms. The number of rotatable bonds is 6. The van der Waals surface area contributed by atoms with E-state index in [2.05, 4.69) is 5.32 Å². The normalized spacial score (nSPS) is 14.7. The summed E-state index contributed by atoms with van der Waals surface area (Å²) in [6.45, 7) is 2.57. The number of carbonyl (C=O) groups is 3. The number of nitrogens with one attached hydrogen (secondary N) is 2. The molecule has 1 saturated carbocycles. The number of hydrogen-bond acceptors (Lipinski definition) is 6. The van der Waals surface area contributed by atoms with Gasteiger partial charge in [0.15, 0.2) is 5.75 Å². The fraction of sp³-hybridized carbons (Fsp3) is 0.556. The number of carboxylic acid groups (broad SMARTS) is 1. The summed E-state index contributed by atoms with van der Waals surface area (Å²) in [5.74, 6) is -5.00. The predicted molar refractivity (Wildman–Crippen MR) is 98.7 cm³/mol. The molecule has 0 unspecified atom stereocenters. The summed E-state index contributed by atoms with van der Waals surface area (Å²) >= 11 is 0. The number of aromatic hydroxyl groups is 2. The van der Waals surface area contributed by atoms with Gasteiger partial charge in [0.1, 0.15) is 17.7 Å². The lowest BCUT2D eigenvalue weighted by atomic mass is 9.94. The van der Waals surface area contributed by atoms with Crippen molar-refractivity contribution in [3.05, 3.63) is 21.5 Å². The van der Waals surface area contributed by atoms with E-state index in [0.717, 1.165) is 23.8 Å². The van der Waals surface area contributed by atoms with Crippen molar-refractivity contribution in [2.75, 3.05) is 6.54 Å². The number of pyridine rings is 1. The van der Waals surface area contributed by atoms with Crippen molar-refractivity contribution >= 4 is 17.8 Å². The Labute approximate surface area is 161 Å². The first-order valence-corrected chi connectivity index (χ1v) is 9.16. The first-order chi connectivity index (χ1) is 13.1. The van der Waals surface area contributed by atoms with Crippen LogP contribution in [0.15, 0.2) is 4.79 Å². The maximum Gasteiger partial charge on any atom is 0.322 e. The van der Waals surface area contributed by atoms with Crippen LogP contribution in [0.4, 0.5) is 0 Å². The molecule has 0 radical (unpaired) electrons. The predicted octanol–water partition coefficient (Wildman–Crippen LogP) is 0.717. The maximum absolute atomic E-state index is 12.9. The third-order valence-electron chi connectivity index (χ3n) is 4.57. The molecule has 154 valence electrons. The number of hydrogen-bond donors (Lipinski definition) is 5. The molecule has 10 nitrogen and oxygen atoms in total. The second kappa shape index (κ2) is 8.77. The number of carboxylic acids is 1. The molecular weight excluding hydrogens is 370 g/mol. The Bertz CT molecular complexity index is 839. The van der Waals surface area contributed by atoms with Gasteiger partial charge in [-0.05, 0) is 26.7 Å². The van der Waals surface area contributed by atoms with Crippen LogP contribution >= 0.6 is 0 Å². The highest BCUT2D eigenvalue weighted by molar-refractivity contribution is 6.05. The van der Waals surface area contributed by atoms with Gasteiger partial charge in [-0.15, -0.1) is 0 Å². The van der Waals surface area contributed by atoms with Crippen LogP contribution < -0.4 is 16.2 Å². The summed E-state index contributed by atoms with van der Waals surface area (Å²) in [5, 5.41) is 34.3. The molecule has 1 aliphatic carbocycles. The molecule has 0 saturated heterocycles. The largest absolute Gasteiger partial charge is 0.506 e. The van der Waals surface area contributed by atoms with Gasteiger partial charge in [0.05, 0.1) is 0 Å². The van der Waals surface area contributed by atoms with E-state index in [1.54, 1.807) is 13.8 Å². The van der Waals surface area contributed by atoms with Crippen molar-refractivity contribution in [2.45, 2.75) is 58.0 Å². The minimum Gasteiger partial charge on any atom is -0.506 e. The number of aromatic nitrogens is 1. The zero-order valence-corrected chi connectivity index (χ0v) is 15.8. The highest BCUT2D eigenvalue weighted by Crippen LogP contribution is 2.35. The number of carbonyl (C=O) groups excluding carboxylic acids is 2. The fourth-order valence-electron chi connectivity index (χ4n) is 3.34. The molecule has 0 atom stereocenters. The van der Waals surface area contributed by atoms with E-state index in [4.69, 9.17) is 5.11 Å². The fourth-order valence-corrected chi connectivity index (χ4v) is 3.34. The molecule has 1 aromatic rings. The summed E-state index contributed by atoms with van der Waals surface area (Å²) in [6, 6.07) is -0.760. The van der Waals surface area contributed by atoms with Crippen LogP contribution in [0.2, 0.25) is 0 Å². The molecule has 0 aromatic carbocycles. The van der Waals surface area contributed by atoms with Crippen molar-refractivity contribution in [1.29, 1.82) is 0 Å². The Morgan fingerprint density at radius 2 is 1.68 bits per heavy atom. The number of nitrogens with zero attached hydrogens (tertiary/aromatic N) is 1. The first kappa shape index (κ1) is 21.3. The standard InChI is InChI=1S/C18H25N3O7/c1-9(2)20-16(26)13-14(24)12(15(25)19-8-11(22)23)17(27)21(18(13)28)10-6-4-3-5-7-10/h9-10,24,28H,3-8H2,1-2H3,(H,19,25)(H,20,26)(H,22,23). The van der Waals surface area contributed by atoms with E-state index in [1.807, 2.05) is 5.32 Å². The monoisotopic (exact) mass is 395 g/mol. The molecule has 1 aromatic heterocycles. The zero-order chi connectivity index (χ0) is 21.0. The van der Waals surface area contributed by atoms with Gasteiger partial charge in [-0.1, -0.05) is 19.3 Å². The van der Waals surface area contributed by atoms with Crippen molar-refractivity contribution in [2.24, 2.45) is 0 Å². The van der Waals surface area contributed by atoms with Crippen LogP contribution in [0.1, 0.15) is 72.7 Å². The topological polar surface area (TPSA) is 158 Å². The SMILES string of the molecule is CC(C)NC(=O)c1c(O)c(C(=O)NCC(=O)O)c(=O)n(C2CCCCC2)c1O. The Morgan fingerprint density at radius 1 is 1.07 bits per heavy atom. The third-order valence-corrected chi connectivity index (χ3v) is 4.57. The number of amides is 2. The van der Waals surface area contributed by atoms with Crippen LogP contribution in [0.3, 0.4) is 0 Å². The molecule has 1 heterocycles. The van der Waals surface area contributed by atoms with Crippen molar-refractivity contribution < 1.29 is 29.7 Å². The van der Waals surface area contributed by atoms with Gasteiger partial charge in [0.2, 0.25) is 5.88 Å². The van der Waals surface area contributed by atoms with Crippen LogP contribution in [-0.2, 0) is 4.79 Å². The molecule has 10 heteroatoms. The van der Waals surface area contributed by atoms with Crippen molar-refractivity contribution in [3.63, 3.8) is 0 Å². The Balaban J connectivity index is 2.65. The maximum atomic E-state index is 12.9. The van der Waals surface area contributed by atoms with Gasteiger partial charge in [-0.2, -0.15) is 0 Å². The van der Waals surface area contributed by atoms with Crippen LogP contribution in [-0.4, -0.2) is 50.3 Å². The highest BCUT2D eigenvalue weighted by atomic mass is 16.4. The molecule has 1 fully saturated rings. The first-order valence-electron chi connectivity index (χ1n) is 9.16. The Hall–Kier alpha value is -3.04. The van der Waals surface area contributed by atoms with E-state index in [9.17, 15) is 29.4 Å². The van der Waals surface area contributed by atoms with Gasteiger partial charge in [0, 0.05) is 12.1 Å². The lowest BCUT2D eigenvalue weighted by Crippen LogP contribution is -2.39. The number of aliphatic carboxylic acids is 1. The third kappa shape index (κ3) is 4.44. The molecule has 2 amide bonds. The second-order valence-electron chi connectivity index (χ2n) is 7.09. The zero-order valence-electron chi connectivity index (χ0n) is 15.8. The summed E-state index contributed by atoms with van der Waals surface area (Å²) in [7, 11) is 0. The molecule has 0 spiro atoms.